The first-order valence-corrected chi connectivity index (χ1v) is 7.94. The molecule has 2 aromatic carbocycles. The van der Waals surface area contributed by atoms with E-state index >= 15 is 0 Å². The topological polar surface area (TPSA) is 79.2 Å². The van der Waals surface area contributed by atoms with Crippen LogP contribution in [0.25, 0.3) is 0 Å². The third-order valence-electron chi connectivity index (χ3n) is 3.91. The predicted molar refractivity (Wildman–Crippen MR) is 87.3 cm³/mol. The zero-order valence-corrected chi connectivity index (χ0v) is 13.7. The van der Waals surface area contributed by atoms with Gasteiger partial charge in [-0.1, -0.05) is 0 Å². The van der Waals surface area contributed by atoms with Crippen molar-refractivity contribution in [1.29, 1.82) is 0 Å². The molecule has 1 saturated heterocycles. The Morgan fingerprint density at radius 1 is 1.19 bits per heavy atom. The number of halogens is 2. The maximum atomic E-state index is 13.2. The molecule has 2 N–H and O–H groups in total. The summed E-state index contributed by atoms with van der Waals surface area (Å²) in [6.45, 7) is 0.783. The van der Waals surface area contributed by atoms with Crippen LogP contribution in [0.1, 0.15) is 10.4 Å². The van der Waals surface area contributed by atoms with Gasteiger partial charge in [-0.05, 0) is 12.1 Å². The van der Waals surface area contributed by atoms with Gasteiger partial charge in [-0.3, -0.25) is 4.79 Å². The van der Waals surface area contributed by atoms with Gasteiger partial charge in [0.1, 0.15) is 41.6 Å². The van der Waals surface area contributed by atoms with Gasteiger partial charge in [0.05, 0.1) is 18.7 Å². The minimum atomic E-state index is -0.746. The summed E-state index contributed by atoms with van der Waals surface area (Å²) in [7, 11) is 0. The molecule has 8 heteroatoms. The van der Waals surface area contributed by atoms with E-state index in [0.29, 0.717) is 6.54 Å². The average molecular weight is 365 g/mol. The molecule has 0 radical (unpaired) electrons. The summed E-state index contributed by atoms with van der Waals surface area (Å²) in [5.41, 5.74) is 0.0663. The van der Waals surface area contributed by atoms with Gasteiger partial charge < -0.3 is 24.6 Å². The highest BCUT2D eigenvalue weighted by Crippen LogP contribution is 2.24. The van der Waals surface area contributed by atoms with E-state index in [4.69, 9.17) is 9.47 Å². The second-order valence-electron chi connectivity index (χ2n) is 5.86. The van der Waals surface area contributed by atoms with Crippen molar-refractivity contribution in [2.75, 3.05) is 26.3 Å². The SMILES string of the molecule is O=C(c1ccc(O)cc1O)N1CCOC(COc2cc(F)cc(F)c2)C1. The molecule has 2 aromatic rings. The lowest BCUT2D eigenvalue weighted by molar-refractivity contribution is -0.0402. The summed E-state index contributed by atoms with van der Waals surface area (Å²) >= 11 is 0. The molecule has 1 amide bonds. The standard InChI is InChI=1S/C18H17F2NO5/c19-11-5-12(20)7-14(6-11)26-10-15-9-21(3-4-25-15)18(24)16-2-1-13(22)8-17(16)23/h1-2,5-8,15,22-23H,3-4,9-10H2. The number of ether oxygens (including phenoxy) is 2. The Labute approximate surface area is 148 Å². The zero-order valence-electron chi connectivity index (χ0n) is 13.7. The minimum absolute atomic E-state index is 0.00817. The highest BCUT2D eigenvalue weighted by molar-refractivity contribution is 5.97. The molecule has 1 fully saturated rings. The van der Waals surface area contributed by atoms with E-state index in [9.17, 15) is 23.8 Å². The van der Waals surface area contributed by atoms with Gasteiger partial charge in [-0.15, -0.1) is 0 Å². The number of amides is 1. The Morgan fingerprint density at radius 2 is 1.92 bits per heavy atom. The fraction of sp³-hybridized carbons (Fsp3) is 0.278. The lowest BCUT2D eigenvalue weighted by Gasteiger charge is -2.33. The molecule has 3 rings (SSSR count). The van der Waals surface area contributed by atoms with E-state index < -0.39 is 23.6 Å². The summed E-state index contributed by atoms with van der Waals surface area (Å²) in [5, 5.41) is 19.1. The molecule has 0 bridgehead atoms. The van der Waals surface area contributed by atoms with Crippen molar-refractivity contribution >= 4 is 5.91 Å². The molecule has 26 heavy (non-hydrogen) atoms. The number of carbonyl (C=O) groups excluding carboxylic acids is 1. The quantitative estimate of drug-likeness (QED) is 0.869. The molecule has 1 atom stereocenters. The Bertz CT molecular complexity index is 794. The van der Waals surface area contributed by atoms with Gasteiger partial charge in [-0.25, -0.2) is 8.78 Å². The largest absolute Gasteiger partial charge is 0.508 e. The molecule has 1 aliphatic rings. The van der Waals surface area contributed by atoms with Crippen LogP contribution in [0.3, 0.4) is 0 Å². The van der Waals surface area contributed by atoms with E-state index in [2.05, 4.69) is 0 Å². The Morgan fingerprint density at radius 3 is 2.62 bits per heavy atom. The van der Waals surface area contributed by atoms with E-state index in [1.165, 1.54) is 17.0 Å². The van der Waals surface area contributed by atoms with E-state index in [0.717, 1.165) is 24.3 Å². The van der Waals surface area contributed by atoms with Crippen LogP contribution < -0.4 is 4.74 Å². The fourth-order valence-electron chi connectivity index (χ4n) is 2.68. The number of aromatic hydroxyl groups is 2. The van der Waals surface area contributed by atoms with Crippen LogP contribution in [-0.2, 0) is 4.74 Å². The summed E-state index contributed by atoms with van der Waals surface area (Å²) in [6.07, 6.45) is -0.488. The lowest BCUT2D eigenvalue weighted by Crippen LogP contribution is -2.47. The maximum absolute atomic E-state index is 13.2. The molecule has 0 aromatic heterocycles. The third-order valence-corrected chi connectivity index (χ3v) is 3.91. The molecule has 0 spiro atoms. The van der Waals surface area contributed by atoms with Gasteiger partial charge in [0.25, 0.3) is 5.91 Å². The Balaban J connectivity index is 1.62. The highest BCUT2D eigenvalue weighted by Gasteiger charge is 2.27. The first-order valence-electron chi connectivity index (χ1n) is 7.94. The molecule has 6 nitrogen and oxygen atoms in total. The third kappa shape index (κ3) is 4.20. The highest BCUT2D eigenvalue weighted by atomic mass is 19.1. The van der Waals surface area contributed by atoms with E-state index in [-0.39, 0.29) is 42.6 Å². The number of phenols is 2. The number of phenolic OH excluding ortho intramolecular Hbond substituents is 2. The number of carbonyl (C=O) groups is 1. The van der Waals surface area contributed by atoms with E-state index in [1.54, 1.807) is 0 Å². The molecule has 0 saturated carbocycles. The predicted octanol–water partition coefficient (Wildman–Crippen LogP) is 2.30. The zero-order chi connectivity index (χ0) is 18.7. The molecule has 138 valence electrons. The monoisotopic (exact) mass is 365 g/mol. The van der Waals surface area contributed by atoms with Gasteiger partial charge in [0, 0.05) is 30.8 Å². The van der Waals surface area contributed by atoms with Crippen LogP contribution in [0.5, 0.6) is 17.2 Å². The normalized spacial score (nSPS) is 17.2. The molecule has 1 heterocycles. The summed E-state index contributed by atoms with van der Waals surface area (Å²) in [4.78, 5) is 14.0. The van der Waals surface area contributed by atoms with Crippen molar-refractivity contribution in [3.8, 4) is 17.2 Å². The average Bonchev–Trinajstić information content (AvgIpc) is 2.59. The van der Waals surface area contributed by atoms with Crippen molar-refractivity contribution in [2.45, 2.75) is 6.10 Å². The number of benzene rings is 2. The second kappa shape index (κ2) is 7.57. The van der Waals surface area contributed by atoms with Crippen LogP contribution in [0.4, 0.5) is 8.78 Å². The first-order chi connectivity index (χ1) is 12.4. The number of nitrogens with zero attached hydrogens (tertiary/aromatic N) is 1. The van der Waals surface area contributed by atoms with Gasteiger partial charge in [-0.2, -0.15) is 0 Å². The first kappa shape index (κ1) is 17.9. The number of morpholine rings is 1. The van der Waals surface area contributed by atoms with Gasteiger partial charge in [0.15, 0.2) is 0 Å². The molecule has 1 aliphatic heterocycles. The molecule has 1 unspecified atom stereocenters. The van der Waals surface area contributed by atoms with Crippen LogP contribution in [0.15, 0.2) is 36.4 Å². The smallest absolute Gasteiger partial charge is 0.257 e. The molecule has 0 aliphatic carbocycles. The second-order valence-corrected chi connectivity index (χ2v) is 5.86. The van der Waals surface area contributed by atoms with E-state index in [1.807, 2.05) is 0 Å². The number of hydrogen-bond acceptors (Lipinski definition) is 5. The summed E-state index contributed by atoms with van der Waals surface area (Å²) in [5.74, 6) is -2.33. The maximum Gasteiger partial charge on any atom is 0.257 e. The van der Waals surface area contributed by atoms with Crippen molar-refractivity contribution in [1.82, 2.24) is 4.90 Å². The van der Waals surface area contributed by atoms with Crippen LogP contribution in [0.2, 0.25) is 0 Å². The lowest BCUT2D eigenvalue weighted by atomic mass is 10.1. The number of rotatable bonds is 4. The van der Waals surface area contributed by atoms with Gasteiger partial charge >= 0.3 is 0 Å². The van der Waals surface area contributed by atoms with Crippen LogP contribution >= 0.6 is 0 Å². The van der Waals surface area contributed by atoms with Gasteiger partial charge in [0.2, 0.25) is 0 Å². The Hall–Kier alpha value is -2.87. The van der Waals surface area contributed by atoms with Crippen molar-refractivity contribution in [3.63, 3.8) is 0 Å². The fourth-order valence-corrected chi connectivity index (χ4v) is 2.68. The summed E-state index contributed by atoms with van der Waals surface area (Å²) in [6, 6.07) is 6.60. The van der Waals surface area contributed by atoms with Crippen LogP contribution in [0, 0.1) is 11.6 Å². The number of hydrogen-bond donors (Lipinski definition) is 2. The molecular weight excluding hydrogens is 348 g/mol. The minimum Gasteiger partial charge on any atom is -0.508 e. The summed E-state index contributed by atoms with van der Waals surface area (Å²) < 4.78 is 37.2. The van der Waals surface area contributed by atoms with Crippen LogP contribution in [-0.4, -0.2) is 53.4 Å². The molecular formula is C18H17F2NO5. The Kier molecular flexibility index (Phi) is 5.22. The van der Waals surface area contributed by atoms with Crippen molar-refractivity contribution < 1.29 is 33.3 Å². The van der Waals surface area contributed by atoms with Crippen molar-refractivity contribution in [2.24, 2.45) is 0 Å². The van der Waals surface area contributed by atoms with Crippen molar-refractivity contribution in [3.05, 3.63) is 53.6 Å².